The van der Waals surface area contributed by atoms with Crippen molar-refractivity contribution in [2.45, 2.75) is 37.5 Å². The largest absolute Gasteiger partial charge is 0.395 e. The summed E-state index contributed by atoms with van der Waals surface area (Å²) in [6.45, 7) is 1.15. The summed E-state index contributed by atoms with van der Waals surface area (Å²) in [5.41, 5.74) is 1.92. The summed E-state index contributed by atoms with van der Waals surface area (Å²) in [5, 5.41) is 12.9. The smallest absolute Gasteiger partial charge is 0.261 e. The number of hydrogen-bond acceptors (Lipinski definition) is 4. The Morgan fingerprint density at radius 2 is 2.00 bits per heavy atom. The molecule has 0 spiro atoms. The van der Waals surface area contributed by atoms with Gasteiger partial charge in [-0.15, -0.1) is 11.3 Å². The first kappa shape index (κ1) is 19.2. The van der Waals surface area contributed by atoms with Crippen molar-refractivity contribution in [2.24, 2.45) is 0 Å². The number of hydrogen-bond donors (Lipinski definition) is 2. The molecule has 1 fully saturated rings. The number of thiophene rings is 1. The fourth-order valence-electron chi connectivity index (χ4n) is 4.39. The van der Waals surface area contributed by atoms with Crippen LogP contribution in [0.3, 0.4) is 0 Å². The van der Waals surface area contributed by atoms with Crippen LogP contribution in [-0.2, 0) is 23.1 Å². The number of benzene rings is 1. The van der Waals surface area contributed by atoms with Crippen LogP contribution in [0.1, 0.15) is 44.9 Å². The quantitative estimate of drug-likeness (QED) is 0.813. The first-order valence-electron chi connectivity index (χ1n) is 9.95. The van der Waals surface area contributed by atoms with Crippen LogP contribution in [-0.4, -0.2) is 48.1 Å². The summed E-state index contributed by atoms with van der Waals surface area (Å²) in [7, 11) is 0. The minimum absolute atomic E-state index is 0.00228. The molecule has 148 valence electrons. The number of aliphatic hydroxyl groups excluding tert-OH is 1. The zero-order chi connectivity index (χ0) is 19.6. The molecule has 0 saturated carbocycles. The van der Waals surface area contributed by atoms with Gasteiger partial charge in [0, 0.05) is 23.4 Å². The molecule has 2 heterocycles. The average molecular weight is 399 g/mol. The Bertz CT molecular complexity index is 842. The van der Waals surface area contributed by atoms with Crippen LogP contribution in [0.4, 0.5) is 0 Å². The predicted octanol–water partition coefficient (Wildman–Crippen LogP) is 2.52. The van der Waals surface area contributed by atoms with Crippen LogP contribution >= 0.6 is 11.3 Å². The number of amides is 2. The topological polar surface area (TPSA) is 69.6 Å². The van der Waals surface area contributed by atoms with Gasteiger partial charge in [-0.3, -0.25) is 9.59 Å². The van der Waals surface area contributed by atoms with Gasteiger partial charge in [0.15, 0.2) is 0 Å². The van der Waals surface area contributed by atoms with Crippen molar-refractivity contribution in [1.29, 1.82) is 0 Å². The van der Waals surface area contributed by atoms with Crippen molar-refractivity contribution >= 4 is 23.2 Å². The second kappa shape index (κ2) is 8.05. The number of piperidine rings is 1. The maximum absolute atomic E-state index is 12.7. The van der Waals surface area contributed by atoms with Crippen LogP contribution in [0, 0.1) is 0 Å². The van der Waals surface area contributed by atoms with Crippen molar-refractivity contribution in [3.63, 3.8) is 0 Å². The van der Waals surface area contributed by atoms with Gasteiger partial charge in [-0.05, 0) is 49.3 Å². The van der Waals surface area contributed by atoms with Crippen molar-refractivity contribution in [3.8, 4) is 0 Å². The molecule has 1 aliphatic heterocycles. The first-order valence-corrected chi connectivity index (χ1v) is 10.8. The summed E-state index contributed by atoms with van der Waals surface area (Å²) >= 11 is 1.55. The molecule has 0 radical (unpaired) electrons. The molecule has 28 heavy (non-hydrogen) atoms. The van der Waals surface area contributed by atoms with Crippen LogP contribution in [0.2, 0.25) is 0 Å². The molecule has 6 heteroatoms. The zero-order valence-electron chi connectivity index (χ0n) is 15.9. The fraction of sp³-hybridized carbons (Fsp3) is 0.455. The van der Waals surface area contributed by atoms with E-state index in [0.717, 1.165) is 31.2 Å². The van der Waals surface area contributed by atoms with Crippen LogP contribution in [0.25, 0.3) is 0 Å². The number of fused-ring (bicyclic) bond motifs is 1. The third kappa shape index (κ3) is 3.71. The van der Waals surface area contributed by atoms with Gasteiger partial charge in [0.1, 0.15) is 0 Å². The Labute approximate surface area is 169 Å². The number of likely N-dealkylation sites (tertiary alicyclic amines) is 1. The maximum Gasteiger partial charge on any atom is 0.261 e. The van der Waals surface area contributed by atoms with Gasteiger partial charge in [0.2, 0.25) is 5.91 Å². The molecular formula is C22H26N2O3S. The van der Waals surface area contributed by atoms with E-state index < -0.39 is 5.41 Å². The normalized spacial score (nSPS) is 21.4. The second-order valence-corrected chi connectivity index (χ2v) is 8.96. The predicted molar refractivity (Wildman–Crippen MR) is 110 cm³/mol. The van der Waals surface area contributed by atoms with E-state index in [1.807, 2.05) is 36.4 Å². The van der Waals surface area contributed by atoms with Crippen LogP contribution in [0.5, 0.6) is 0 Å². The van der Waals surface area contributed by atoms with Crippen molar-refractivity contribution in [2.75, 3.05) is 26.2 Å². The molecule has 1 atom stereocenters. The summed E-state index contributed by atoms with van der Waals surface area (Å²) < 4.78 is 0. The van der Waals surface area contributed by atoms with E-state index in [1.54, 1.807) is 16.2 Å². The van der Waals surface area contributed by atoms with Crippen LogP contribution < -0.4 is 5.32 Å². The molecule has 0 bridgehead atoms. The molecule has 1 unspecified atom stereocenters. The van der Waals surface area contributed by atoms with Gasteiger partial charge in [-0.2, -0.15) is 0 Å². The van der Waals surface area contributed by atoms with E-state index >= 15 is 0 Å². The molecule has 2 N–H and O–H groups in total. The Balaban J connectivity index is 1.38. The molecule has 2 aromatic rings. The molecule has 2 amide bonds. The highest BCUT2D eigenvalue weighted by atomic mass is 32.1. The van der Waals surface area contributed by atoms with E-state index in [-0.39, 0.29) is 25.0 Å². The molecule has 5 nitrogen and oxygen atoms in total. The number of nitrogens with zero attached hydrogens (tertiary/aromatic N) is 1. The monoisotopic (exact) mass is 398 g/mol. The number of nitrogens with one attached hydrogen (secondary N) is 1. The third-order valence-electron chi connectivity index (χ3n) is 5.99. The highest BCUT2D eigenvalue weighted by Crippen LogP contribution is 2.34. The van der Waals surface area contributed by atoms with Gasteiger partial charge in [-0.25, -0.2) is 0 Å². The molecule has 1 aromatic carbocycles. The highest BCUT2D eigenvalue weighted by Gasteiger charge is 2.38. The number of aryl methyl sites for hydroxylation is 2. The summed E-state index contributed by atoms with van der Waals surface area (Å²) in [6.07, 6.45) is 4.97. The van der Waals surface area contributed by atoms with E-state index in [4.69, 9.17) is 0 Å². The molecular weight excluding hydrogens is 372 g/mol. The number of carbonyl (C=O) groups excluding carboxylic acids is 2. The SMILES string of the molecule is O=C(NCC(=O)N1CCCC(CO)(c2ccccc2)C1)c1cc2c(s1)CCC2. The van der Waals surface area contributed by atoms with Gasteiger partial charge < -0.3 is 15.3 Å². The Hall–Kier alpha value is -2.18. The van der Waals surface area contributed by atoms with Gasteiger partial charge in [0.25, 0.3) is 5.91 Å². The molecule has 1 saturated heterocycles. The molecule has 2 aliphatic rings. The van der Waals surface area contributed by atoms with Gasteiger partial charge in [0.05, 0.1) is 18.0 Å². The lowest BCUT2D eigenvalue weighted by molar-refractivity contribution is -0.132. The summed E-state index contributed by atoms with van der Waals surface area (Å²) in [4.78, 5) is 29.0. The first-order chi connectivity index (χ1) is 13.6. The summed E-state index contributed by atoms with van der Waals surface area (Å²) in [6, 6.07) is 11.9. The lowest BCUT2D eigenvalue weighted by atomic mass is 9.74. The van der Waals surface area contributed by atoms with Crippen molar-refractivity contribution in [1.82, 2.24) is 10.2 Å². The van der Waals surface area contributed by atoms with E-state index in [2.05, 4.69) is 5.32 Å². The second-order valence-electron chi connectivity index (χ2n) is 7.82. The van der Waals surface area contributed by atoms with Crippen molar-refractivity contribution in [3.05, 3.63) is 57.3 Å². The lowest BCUT2D eigenvalue weighted by Gasteiger charge is -2.42. The Morgan fingerprint density at radius 3 is 2.75 bits per heavy atom. The van der Waals surface area contributed by atoms with E-state index in [9.17, 15) is 14.7 Å². The van der Waals surface area contributed by atoms with E-state index in [1.165, 1.54) is 16.9 Å². The Morgan fingerprint density at radius 1 is 1.18 bits per heavy atom. The maximum atomic E-state index is 12.7. The average Bonchev–Trinajstić information content (AvgIpc) is 3.35. The number of aliphatic hydroxyl groups is 1. The molecule has 4 rings (SSSR count). The van der Waals surface area contributed by atoms with Crippen molar-refractivity contribution < 1.29 is 14.7 Å². The number of rotatable bonds is 5. The highest BCUT2D eigenvalue weighted by molar-refractivity contribution is 7.14. The van der Waals surface area contributed by atoms with Gasteiger partial charge >= 0.3 is 0 Å². The van der Waals surface area contributed by atoms with E-state index in [0.29, 0.717) is 18.0 Å². The van der Waals surface area contributed by atoms with Crippen LogP contribution in [0.15, 0.2) is 36.4 Å². The minimum atomic E-state index is -0.423. The standard InChI is InChI=1S/C22H26N2O3S/c25-15-22(17-7-2-1-3-8-17)10-5-11-24(14-22)20(26)13-23-21(27)19-12-16-6-4-9-18(16)28-19/h1-3,7-8,12,25H,4-6,9-11,13-15H2,(H,23,27). The third-order valence-corrected chi connectivity index (χ3v) is 7.22. The zero-order valence-corrected chi connectivity index (χ0v) is 16.8. The minimum Gasteiger partial charge on any atom is -0.395 e. The molecule has 1 aliphatic carbocycles. The summed E-state index contributed by atoms with van der Waals surface area (Å²) in [5.74, 6) is -0.257. The Kier molecular flexibility index (Phi) is 5.51. The molecule has 1 aromatic heterocycles. The fourth-order valence-corrected chi connectivity index (χ4v) is 5.56. The van der Waals surface area contributed by atoms with Gasteiger partial charge in [-0.1, -0.05) is 30.3 Å². The lowest BCUT2D eigenvalue weighted by Crippen LogP contribution is -2.52. The number of carbonyl (C=O) groups is 2.